The molecule has 5 heteroatoms. The van der Waals surface area contributed by atoms with Gasteiger partial charge in [0.2, 0.25) is 0 Å². The van der Waals surface area contributed by atoms with Gasteiger partial charge in [-0.05, 0) is 6.42 Å². The highest BCUT2D eigenvalue weighted by molar-refractivity contribution is 7.87. The zero-order chi connectivity index (χ0) is 10.3. The van der Waals surface area contributed by atoms with E-state index in [0.717, 1.165) is 12.8 Å². The fourth-order valence-corrected chi connectivity index (χ4v) is 3.67. The van der Waals surface area contributed by atoms with Crippen molar-refractivity contribution in [3.8, 4) is 0 Å². The summed E-state index contributed by atoms with van der Waals surface area (Å²) in [6.45, 7) is 4.10. The van der Waals surface area contributed by atoms with Crippen molar-refractivity contribution in [2.24, 2.45) is 5.92 Å². The average Bonchev–Trinajstić information content (AvgIpc) is 2.50. The van der Waals surface area contributed by atoms with Crippen LogP contribution in [0.4, 0.5) is 0 Å². The lowest BCUT2D eigenvalue weighted by atomic mass is 9.96. The van der Waals surface area contributed by atoms with Gasteiger partial charge in [-0.1, -0.05) is 20.3 Å². The van der Waals surface area contributed by atoms with Crippen molar-refractivity contribution in [2.75, 3.05) is 5.75 Å². The van der Waals surface area contributed by atoms with Crippen LogP contribution in [0.2, 0.25) is 0 Å². The molecule has 0 aliphatic carbocycles. The molecule has 0 radical (unpaired) electrons. The molecule has 0 aromatic rings. The molecule has 82 valence electrons. The molecule has 2 rings (SSSR count). The van der Waals surface area contributed by atoms with E-state index < -0.39 is 10.1 Å². The Hall–Kier alpha value is -0.130. The Labute approximate surface area is 84.7 Å². The molecule has 2 fully saturated rings. The summed E-state index contributed by atoms with van der Waals surface area (Å²) in [4.78, 5) is 0. The number of hydrogen-bond donors (Lipinski definition) is 0. The molecular formula is C9H16O4S. The Morgan fingerprint density at radius 3 is 2.71 bits per heavy atom. The Morgan fingerprint density at radius 2 is 2.14 bits per heavy atom. The van der Waals surface area contributed by atoms with Crippen molar-refractivity contribution in [3.63, 3.8) is 0 Å². The Bertz CT molecular complexity index is 311. The third-order valence-corrected chi connectivity index (χ3v) is 4.27. The lowest BCUT2D eigenvalue weighted by Gasteiger charge is -2.16. The molecule has 0 spiro atoms. The average molecular weight is 220 g/mol. The largest absolute Gasteiger partial charge is 0.371 e. The van der Waals surface area contributed by atoms with Crippen LogP contribution < -0.4 is 0 Å². The van der Waals surface area contributed by atoms with Crippen LogP contribution in [0.15, 0.2) is 0 Å². The fraction of sp³-hybridized carbons (Fsp3) is 1.00. The minimum absolute atomic E-state index is 0.0300. The summed E-state index contributed by atoms with van der Waals surface area (Å²) in [6.07, 6.45) is 1.74. The molecule has 4 unspecified atom stereocenters. The summed E-state index contributed by atoms with van der Waals surface area (Å²) in [5, 5.41) is 0. The molecule has 14 heavy (non-hydrogen) atoms. The SMILES string of the molecule is CCCC1OC2CS(=O)(=O)OC2C1C. The van der Waals surface area contributed by atoms with Gasteiger partial charge in [-0.3, -0.25) is 4.18 Å². The molecule has 4 nitrogen and oxygen atoms in total. The predicted molar refractivity (Wildman–Crippen MR) is 51.4 cm³/mol. The van der Waals surface area contributed by atoms with Crippen LogP contribution in [0, 0.1) is 5.92 Å². The van der Waals surface area contributed by atoms with E-state index in [1.165, 1.54) is 0 Å². The van der Waals surface area contributed by atoms with Gasteiger partial charge in [0, 0.05) is 5.92 Å². The molecule has 4 atom stereocenters. The van der Waals surface area contributed by atoms with Gasteiger partial charge in [-0.2, -0.15) is 8.42 Å². The van der Waals surface area contributed by atoms with Crippen molar-refractivity contribution < 1.29 is 17.3 Å². The molecule has 2 saturated heterocycles. The van der Waals surface area contributed by atoms with Crippen LogP contribution in [-0.2, 0) is 19.0 Å². The number of hydrogen-bond acceptors (Lipinski definition) is 4. The number of fused-ring (bicyclic) bond motifs is 1. The van der Waals surface area contributed by atoms with Gasteiger partial charge in [0.1, 0.15) is 18.0 Å². The normalized spacial score (nSPS) is 45.3. The van der Waals surface area contributed by atoms with Gasteiger partial charge in [0.25, 0.3) is 10.1 Å². The first-order chi connectivity index (χ1) is 6.53. The van der Waals surface area contributed by atoms with Gasteiger partial charge in [-0.25, -0.2) is 0 Å². The van der Waals surface area contributed by atoms with Crippen LogP contribution in [0.1, 0.15) is 26.7 Å². The van der Waals surface area contributed by atoms with Crippen LogP contribution in [-0.4, -0.2) is 32.5 Å². The van der Waals surface area contributed by atoms with E-state index in [-0.39, 0.29) is 30.0 Å². The van der Waals surface area contributed by atoms with Crippen LogP contribution in [0.3, 0.4) is 0 Å². The van der Waals surface area contributed by atoms with E-state index in [0.29, 0.717) is 0 Å². The Balaban J connectivity index is 2.07. The lowest BCUT2D eigenvalue weighted by Crippen LogP contribution is -2.23. The van der Waals surface area contributed by atoms with Gasteiger partial charge in [0.15, 0.2) is 0 Å². The smallest absolute Gasteiger partial charge is 0.270 e. The minimum atomic E-state index is -3.30. The molecule has 2 heterocycles. The lowest BCUT2D eigenvalue weighted by molar-refractivity contribution is 0.0371. The molecular weight excluding hydrogens is 204 g/mol. The van der Waals surface area contributed by atoms with Crippen LogP contribution in [0.25, 0.3) is 0 Å². The Kier molecular flexibility index (Phi) is 2.57. The van der Waals surface area contributed by atoms with Crippen molar-refractivity contribution in [1.82, 2.24) is 0 Å². The fourth-order valence-electron chi connectivity index (χ4n) is 2.28. The number of rotatable bonds is 2. The first kappa shape index (κ1) is 10.4. The van der Waals surface area contributed by atoms with Gasteiger partial charge in [-0.15, -0.1) is 0 Å². The van der Waals surface area contributed by atoms with E-state index >= 15 is 0 Å². The van der Waals surface area contributed by atoms with Crippen molar-refractivity contribution in [1.29, 1.82) is 0 Å². The third-order valence-electron chi connectivity index (χ3n) is 3.02. The molecule has 0 amide bonds. The maximum Gasteiger partial charge on any atom is 0.270 e. The summed E-state index contributed by atoms with van der Waals surface area (Å²) >= 11 is 0. The molecule has 2 aliphatic rings. The second-order valence-corrected chi connectivity index (χ2v) is 5.79. The standard InChI is InChI=1S/C9H16O4S/c1-3-4-7-6(2)9-8(12-7)5-14(10,11)13-9/h6-9H,3-5H2,1-2H3. The second kappa shape index (κ2) is 3.47. The topological polar surface area (TPSA) is 52.6 Å². The summed E-state index contributed by atoms with van der Waals surface area (Å²) in [7, 11) is -3.30. The maximum atomic E-state index is 11.2. The third kappa shape index (κ3) is 1.68. The summed E-state index contributed by atoms with van der Waals surface area (Å²) < 4.78 is 33.0. The molecule has 0 saturated carbocycles. The second-order valence-electron chi connectivity index (χ2n) is 4.15. The number of ether oxygens (including phenoxy) is 1. The highest BCUT2D eigenvalue weighted by Gasteiger charge is 2.50. The first-order valence-electron chi connectivity index (χ1n) is 5.10. The van der Waals surface area contributed by atoms with E-state index in [1.54, 1.807) is 0 Å². The van der Waals surface area contributed by atoms with Crippen LogP contribution >= 0.6 is 0 Å². The highest BCUT2D eigenvalue weighted by Crippen LogP contribution is 2.37. The highest BCUT2D eigenvalue weighted by atomic mass is 32.2. The molecule has 0 bridgehead atoms. The quantitative estimate of drug-likeness (QED) is 0.649. The van der Waals surface area contributed by atoms with E-state index in [1.807, 2.05) is 6.92 Å². The summed E-state index contributed by atoms with van der Waals surface area (Å²) in [5.41, 5.74) is 0. The van der Waals surface area contributed by atoms with Crippen molar-refractivity contribution in [2.45, 2.75) is 45.0 Å². The monoisotopic (exact) mass is 220 g/mol. The van der Waals surface area contributed by atoms with E-state index in [2.05, 4.69) is 6.92 Å². The summed E-state index contributed by atoms with van der Waals surface area (Å²) in [6, 6.07) is 0. The van der Waals surface area contributed by atoms with E-state index in [4.69, 9.17) is 8.92 Å². The maximum absolute atomic E-state index is 11.2. The van der Waals surface area contributed by atoms with E-state index in [9.17, 15) is 8.42 Å². The predicted octanol–water partition coefficient (Wildman–Crippen LogP) is 0.919. The zero-order valence-corrected chi connectivity index (χ0v) is 9.29. The van der Waals surface area contributed by atoms with Crippen molar-refractivity contribution >= 4 is 10.1 Å². The molecule has 2 aliphatic heterocycles. The van der Waals surface area contributed by atoms with Gasteiger partial charge < -0.3 is 4.74 Å². The van der Waals surface area contributed by atoms with Crippen LogP contribution in [0.5, 0.6) is 0 Å². The zero-order valence-electron chi connectivity index (χ0n) is 8.47. The Morgan fingerprint density at radius 1 is 1.43 bits per heavy atom. The first-order valence-corrected chi connectivity index (χ1v) is 6.67. The van der Waals surface area contributed by atoms with Gasteiger partial charge in [0.05, 0.1) is 6.10 Å². The van der Waals surface area contributed by atoms with Gasteiger partial charge >= 0.3 is 0 Å². The molecule has 0 aromatic carbocycles. The molecule has 0 N–H and O–H groups in total. The minimum Gasteiger partial charge on any atom is -0.371 e. The van der Waals surface area contributed by atoms with Crippen molar-refractivity contribution in [3.05, 3.63) is 0 Å². The molecule has 0 aromatic heterocycles. The summed E-state index contributed by atoms with van der Waals surface area (Å²) in [5.74, 6) is 0.222.